The van der Waals surface area contributed by atoms with Crippen LogP contribution in [0.1, 0.15) is 30.9 Å². The smallest absolute Gasteiger partial charge is 0.304 e. The molecule has 0 atom stereocenters. The lowest BCUT2D eigenvalue weighted by Crippen LogP contribution is -2.27. The maximum absolute atomic E-state index is 11.8. The highest BCUT2D eigenvalue weighted by Crippen LogP contribution is 2.31. The van der Waals surface area contributed by atoms with Crippen molar-refractivity contribution >= 4 is 11.2 Å². The molecule has 2 aromatic rings. The summed E-state index contributed by atoms with van der Waals surface area (Å²) in [7, 11) is 0. The first kappa shape index (κ1) is 8.71. The van der Waals surface area contributed by atoms with Crippen LogP contribution in [0.4, 0.5) is 0 Å². The Balaban J connectivity index is 2.27. The van der Waals surface area contributed by atoms with Crippen molar-refractivity contribution in [3.05, 3.63) is 28.3 Å². The van der Waals surface area contributed by atoms with E-state index in [4.69, 9.17) is 0 Å². The molecule has 4 heteroatoms. The molecule has 4 nitrogen and oxygen atoms in total. The molecule has 1 aliphatic carbocycles. The molecule has 0 aromatic carbocycles. The summed E-state index contributed by atoms with van der Waals surface area (Å²) in [6.45, 7) is 1.98. The summed E-state index contributed by atoms with van der Waals surface area (Å²) in [6, 6.07) is 2.33. The number of nitrogens with one attached hydrogen (secondary N) is 1. The number of aryl methyl sites for hydroxylation is 1. The highest BCUT2D eigenvalue weighted by Gasteiger charge is 2.23. The normalized spacial score (nSPS) is 16.9. The van der Waals surface area contributed by atoms with Crippen LogP contribution in [0.3, 0.4) is 0 Å². The van der Waals surface area contributed by atoms with Gasteiger partial charge in [-0.2, -0.15) is 0 Å². The fourth-order valence-corrected chi connectivity index (χ4v) is 2.10. The van der Waals surface area contributed by atoms with Crippen LogP contribution in [0.5, 0.6) is 0 Å². The van der Waals surface area contributed by atoms with Gasteiger partial charge in [0.2, 0.25) is 0 Å². The Bertz CT molecular complexity index is 563. The van der Waals surface area contributed by atoms with E-state index in [0.717, 1.165) is 29.6 Å². The fourth-order valence-electron chi connectivity index (χ4n) is 2.10. The molecule has 0 spiro atoms. The maximum atomic E-state index is 11.8. The molecule has 0 amide bonds. The standard InChI is InChI=1S/C11H13N3O/c1-7-5-9-10(12-6-7)14(11(15)13-9)8-3-2-4-8/h5-6,8H,2-4H2,1H3,(H,13,15). The number of aromatic amines is 1. The third-order valence-electron chi connectivity index (χ3n) is 3.13. The first-order chi connectivity index (χ1) is 7.25. The van der Waals surface area contributed by atoms with E-state index in [9.17, 15) is 4.79 Å². The monoisotopic (exact) mass is 203 g/mol. The van der Waals surface area contributed by atoms with E-state index in [1.807, 2.05) is 19.2 Å². The minimum Gasteiger partial charge on any atom is -0.304 e. The number of hydrogen-bond acceptors (Lipinski definition) is 2. The van der Waals surface area contributed by atoms with Crippen LogP contribution in [0.25, 0.3) is 11.2 Å². The van der Waals surface area contributed by atoms with Crippen LogP contribution in [-0.2, 0) is 0 Å². The molecule has 0 bridgehead atoms. The average molecular weight is 203 g/mol. The molecule has 0 radical (unpaired) electrons. The van der Waals surface area contributed by atoms with E-state index >= 15 is 0 Å². The van der Waals surface area contributed by atoms with Gasteiger partial charge in [0, 0.05) is 12.2 Å². The molecule has 0 aliphatic heterocycles. The lowest BCUT2D eigenvalue weighted by Gasteiger charge is -2.26. The van der Waals surface area contributed by atoms with Crippen LogP contribution in [0, 0.1) is 6.92 Å². The van der Waals surface area contributed by atoms with Gasteiger partial charge in [0.15, 0.2) is 5.65 Å². The van der Waals surface area contributed by atoms with Gasteiger partial charge in [-0.25, -0.2) is 9.78 Å². The molecule has 2 aromatic heterocycles. The molecule has 15 heavy (non-hydrogen) atoms. The number of aromatic nitrogens is 3. The van der Waals surface area contributed by atoms with Gasteiger partial charge in [0.1, 0.15) is 0 Å². The summed E-state index contributed by atoms with van der Waals surface area (Å²) in [5.74, 6) is 0. The van der Waals surface area contributed by atoms with Crippen molar-refractivity contribution in [1.29, 1.82) is 0 Å². The summed E-state index contributed by atoms with van der Waals surface area (Å²) in [5.41, 5.74) is 2.71. The molecule has 1 fully saturated rings. The number of rotatable bonds is 1. The number of hydrogen-bond donors (Lipinski definition) is 1. The first-order valence-corrected chi connectivity index (χ1v) is 5.32. The second kappa shape index (κ2) is 2.95. The zero-order valence-electron chi connectivity index (χ0n) is 8.66. The number of imidazole rings is 1. The van der Waals surface area contributed by atoms with Gasteiger partial charge in [0.05, 0.1) is 5.52 Å². The van der Waals surface area contributed by atoms with Crippen LogP contribution in [-0.4, -0.2) is 14.5 Å². The highest BCUT2D eigenvalue weighted by molar-refractivity contribution is 5.71. The molecule has 1 N–H and O–H groups in total. The zero-order valence-corrected chi connectivity index (χ0v) is 8.66. The van der Waals surface area contributed by atoms with Crippen molar-refractivity contribution in [3.8, 4) is 0 Å². The largest absolute Gasteiger partial charge is 0.327 e. The van der Waals surface area contributed by atoms with Crippen LogP contribution in [0.2, 0.25) is 0 Å². The topological polar surface area (TPSA) is 50.7 Å². The van der Waals surface area contributed by atoms with Gasteiger partial charge in [-0.15, -0.1) is 0 Å². The summed E-state index contributed by atoms with van der Waals surface area (Å²) < 4.78 is 1.80. The summed E-state index contributed by atoms with van der Waals surface area (Å²) in [4.78, 5) is 18.9. The Morgan fingerprint density at radius 3 is 3.00 bits per heavy atom. The molecule has 0 unspecified atom stereocenters. The Morgan fingerprint density at radius 2 is 2.33 bits per heavy atom. The number of fused-ring (bicyclic) bond motifs is 1. The third-order valence-corrected chi connectivity index (χ3v) is 3.13. The van der Waals surface area contributed by atoms with Gasteiger partial charge >= 0.3 is 5.69 Å². The predicted molar refractivity (Wildman–Crippen MR) is 58.0 cm³/mol. The van der Waals surface area contributed by atoms with Crippen LogP contribution in [0.15, 0.2) is 17.1 Å². The fraction of sp³-hybridized carbons (Fsp3) is 0.455. The molecular formula is C11H13N3O. The Labute approximate surface area is 87.0 Å². The van der Waals surface area contributed by atoms with E-state index in [1.54, 1.807) is 4.57 Å². The Kier molecular flexibility index (Phi) is 1.71. The summed E-state index contributed by atoms with van der Waals surface area (Å²) >= 11 is 0. The van der Waals surface area contributed by atoms with Crippen molar-refractivity contribution in [1.82, 2.24) is 14.5 Å². The minimum atomic E-state index is -0.0206. The van der Waals surface area contributed by atoms with Crippen molar-refractivity contribution < 1.29 is 0 Å². The Hall–Kier alpha value is -1.58. The second-order valence-electron chi connectivity index (χ2n) is 4.27. The number of H-pyrrole nitrogens is 1. The van der Waals surface area contributed by atoms with Gasteiger partial charge in [-0.05, 0) is 37.8 Å². The van der Waals surface area contributed by atoms with Crippen LogP contribution >= 0.6 is 0 Å². The van der Waals surface area contributed by atoms with Gasteiger partial charge in [-0.3, -0.25) is 4.57 Å². The van der Waals surface area contributed by atoms with Gasteiger partial charge in [-0.1, -0.05) is 0 Å². The van der Waals surface area contributed by atoms with E-state index in [0.29, 0.717) is 6.04 Å². The van der Waals surface area contributed by atoms with E-state index in [-0.39, 0.29) is 5.69 Å². The molecule has 3 rings (SSSR count). The number of pyridine rings is 1. The Morgan fingerprint density at radius 1 is 1.53 bits per heavy atom. The second-order valence-corrected chi connectivity index (χ2v) is 4.27. The maximum Gasteiger partial charge on any atom is 0.327 e. The van der Waals surface area contributed by atoms with E-state index < -0.39 is 0 Å². The minimum absolute atomic E-state index is 0.0206. The van der Waals surface area contributed by atoms with Crippen molar-refractivity contribution in [2.75, 3.05) is 0 Å². The van der Waals surface area contributed by atoms with E-state index in [1.165, 1.54) is 6.42 Å². The zero-order chi connectivity index (χ0) is 10.4. The summed E-state index contributed by atoms with van der Waals surface area (Å²) in [6.07, 6.45) is 5.23. The van der Waals surface area contributed by atoms with Gasteiger partial charge in [0.25, 0.3) is 0 Å². The average Bonchev–Trinajstić information content (AvgIpc) is 2.40. The molecule has 2 heterocycles. The third kappa shape index (κ3) is 1.21. The van der Waals surface area contributed by atoms with Crippen molar-refractivity contribution in [2.24, 2.45) is 0 Å². The lowest BCUT2D eigenvalue weighted by atomic mass is 9.93. The predicted octanol–water partition coefficient (Wildman–Crippen LogP) is 1.76. The molecule has 0 saturated heterocycles. The van der Waals surface area contributed by atoms with Gasteiger partial charge < -0.3 is 4.98 Å². The van der Waals surface area contributed by atoms with Crippen molar-refractivity contribution in [3.63, 3.8) is 0 Å². The highest BCUT2D eigenvalue weighted by atomic mass is 16.1. The molecular weight excluding hydrogens is 190 g/mol. The molecule has 1 saturated carbocycles. The van der Waals surface area contributed by atoms with Crippen LogP contribution < -0.4 is 5.69 Å². The summed E-state index contributed by atoms with van der Waals surface area (Å²) in [5, 5.41) is 0. The quantitative estimate of drug-likeness (QED) is 0.767. The first-order valence-electron chi connectivity index (χ1n) is 5.32. The molecule has 78 valence electrons. The number of nitrogens with zero attached hydrogens (tertiary/aromatic N) is 2. The molecule has 1 aliphatic rings. The lowest BCUT2D eigenvalue weighted by molar-refractivity contribution is 0.313. The van der Waals surface area contributed by atoms with E-state index in [2.05, 4.69) is 9.97 Å². The SMILES string of the molecule is Cc1cnc2c(c1)[nH]c(=O)n2C1CCC1. The van der Waals surface area contributed by atoms with Crippen molar-refractivity contribution in [2.45, 2.75) is 32.2 Å².